The summed E-state index contributed by atoms with van der Waals surface area (Å²) in [6, 6.07) is 9.58. The molecule has 2 aliphatic heterocycles. The third-order valence-electron chi connectivity index (χ3n) is 4.05. The lowest BCUT2D eigenvalue weighted by molar-refractivity contribution is 0.245. The van der Waals surface area contributed by atoms with E-state index in [1.807, 2.05) is 0 Å². The van der Waals surface area contributed by atoms with Gasteiger partial charge < -0.3 is 5.32 Å². The van der Waals surface area contributed by atoms with E-state index in [0.29, 0.717) is 6.04 Å². The first kappa shape index (κ1) is 11.2. The Balaban J connectivity index is 1.57. The van der Waals surface area contributed by atoms with Gasteiger partial charge in [-0.25, -0.2) is 0 Å². The van der Waals surface area contributed by atoms with Crippen molar-refractivity contribution in [1.82, 2.24) is 10.2 Å². The monoisotopic (exact) mass is 230 g/mol. The molecule has 2 heterocycles. The summed E-state index contributed by atoms with van der Waals surface area (Å²) in [4.78, 5) is 2.59. The normalized spacial score (nSPS) is 25.5. The van der Waals surface area contributed by atoms with Gasteiger partial charge in [-0.3, -0.25) is 4.90 Å². The van der Waals surface area contributed by atoms with Crippen LogP contribution < -0.4 is 5.32 Å². The average molecular weight is 230 g/mol. The molecule has 0 bridgehead atoms. The molecule has 1 fully saturated rings. The second-order valence-corrected chi connectivity index (χ2v) is 5.44. The predicted octanol–water partition coefficient (Wildman–Crippen LogP) is 2.53. The van der Waals surface area contributed by atoms with E-state index in [-0.39, 0.29) is 0 Å². The van der Waals surface area contributed by atoms with Crippen molar-refractivity contribution >= 4 is 0 Å². The van der Waals surface area contributed by atoms with Gasteiger partial charge >= 0.3 is 0 Å². The highest BCUT2D eigenvalue weighted by Gasteiger charge is 2.21. The van der Waals surface area contributed by atoms with Crippen LogP contribution in [0.3, 0.4) is 0 Å². The third-order valence-corrected chi connectivity index (χ3v) is 4.05. The van der Waals surface area contributed by atoms with E-state index in [9.17, 15) is 0 Å². The van der Waals surface area contributed by atoms with Crippen molar-refractivity contribution in [2.45, 2.75) is 44.8 Å². The van der Waals surface area contributed by atoms with Gasteiger partial charge in [0.2, 0.25) is 0 Å². The van der Waals surface area contributed by atoms with Gasteiger partial charge in [-0.15, -0.1) is 0 Å². The smallest absolute Gasteiger partial charge is 0.0241 e. The second-order valence-electron chi connectivity index (χ2n) is 5.44. The summed E-state index contributed by atoms with van der Waals surface area (Å²) in [7, 11) is 0. The van der Waals surface area contributed by atoms with E-state index < -0.39 is 0 Å². The van der Waals surface area contributed by atoms with Crippen LogP contribution in [0.1, 0.15) is 36.8 Å². The molecule has 0 spiro atoms. The van der Waals surface area contributed by atoms with Crippen LogP contribution in [0.2, 0.25) is 0 Å². The van der Waals surface area contributed by atoms with Crippen molar-refractivity contribution in [1.29, 1.82) is 0 Å². The Labute approximate surface area is 104 Å². The van der Waals surface area contributed by atoms with Gasteiger partial charge in [0, 0.05) is 25.7 Å². The molecule has 0 aromatic heterocycles. The minimum Gasteiger partial charge on any atom is -0.313 e. The van der Waals surface area contributed by atoms with Crippen molar-refractivity contribution in [3.63, 3.8) is 0 Å². The summed E-state index contributed by atoms with van der Waals surface area (Å²) in [6.45, 7) is 4.73. The molecular weight excluding hydrogens is 208 g/mol. The summed E-state index contributed by atoms with van der Waals surface area (Å²) in [6.07, 6.45) is 5.52. The molecular formula is C15H22N2. The summed E-state index contributed by atoms with van der Waals surface area (Å²) in [5, 5.41) is 3.69. The van der Waals surface area contributed by atoms with E-state index in [2.05, 4.69) is 34.5 Å². The fraction of sp³-hybridized carbons (Fsp3) is 0.600. The molecule has 2 aliphatic rings. The SMILES string of the molecule is c1ccc2c(c1)CN(CC1CCCCCN1)C2. The van der Waals surface area contributed by atoms with Gasteiger partial charge in [-0.05, 0) is 30.5 Å². The van der Waals surface area contributed by atoms with Crippen LogP contribution >= 0.6 is 0 Å². The van der Waals surface area contributed by atoms with Gasteiger partial charge in [-0.1, -0.05) is 37.1 Å². The lowest BCUT2D eigenvalue weighted by Crippen LogP contribution is -2.38. The van der Waals surface area contributed by atoms with E-state index in [1.54, 1.807) is 0 Å². The topological polar surface area (TPSA) is 15.3 Å². The maximum atomic E-state index is 3.69. The quantitative estimate of drug-likeness (QED) is 0.840. The number of rotatable bonds is 2. The Morgan fingerprint density at radius 3 is 2.59 bits per heavy atom. The van der Waals surface area contributed by atoms with Crippen LogP contribution in [-0.2, 0) is 13.1 Å². The molecule has 0 aliphatic carbocycles. The highest BCUT2D eigenvalue weighted by Crippen LogP contribution is 2.23. The molecule has 0 radical (unpaired) electrons. The first-order valence-corrected chi connectivity index (χ1v) is 6.94. The van der Waals surface area contributed by atoms with Gasteiger partial charge in [0.1, 0.15) is 0 Å². The Bertz CT molecular complexity index is 342. The average Bonchev–Trinajstić information content (AvgIpc) is 2.57. The summed E-state index contributed by atoms with van der Waals surface area (Å²) < 4.78 is 0. The number of benzene rings is 1. The maximum absolute atomic E-state index is 3.69. The van der Waals surface area contributed by atoms with Crippen LogP contribution in [0, 0.1) is 0 Å². The van der Waals surface area contributed by atoms with Crippen LogP contribution in [0.25, 0.3) is 0 Å². The number of nitrogens with zero attached hydrogens (tertiary/aromatic N) is 1. The molecule has 2 nitrogen and oxygen atoms in total. The Kier molecular flexibility index (Phi) is 3.44. The minimum atomic E-state index is 0.715. The zero-order valence-corrected chi connectivity index (χ0v) is 10.5. The first-order valence-electron chi connectivity index (χ1n) is 6.94. The van der Waals surface area contributed by atoms with E-state index >= 15 is 0 Å². The van der Waals surface area contributed by atoms with Crippen LogP contribution in [0.5, 0.6) is 0 Å². The second kappa shape index (κ2) is 5.19. The van der Waals surface area contributed by atoms with Crippen molar-refractivity contribution in [2.75, 3.05) is 13.1 Å². The zero-order chi connectivity index (χ0) is 11.5. The maximum Gasteiger partial charge on any atom is 0.0241 e. The molecule has 1 aromatic rings. The molecule has 0 amide bonds. The van der Waals surface area contributed by atoms with Crippen LogP contribution in [-0.4, -0.2) is 24.0 Å². The zero-order valence-electron chi connectivity index (χ0n) is 10.5. The molecule has 0 saturated carbocycles. The lowest BCUT2D eigenvalue weighted by atomic mass is 10.1. The summed E-state index contributed by atoms with van der Waals surface area (Å²) in [5.41, 5.74) is 3.06. The fourth-order valence-electron chi connectivity index (χ4n) is 3.10. The molecule has 17 heavy (non-hydrogen) atoms. The van der Waals surface area contributed by atoms with Crippen LogP contribution in [0.15, 0.2) is 24.3 Å². The van der Waals surface area contributed by atoms with Crippen molar-refractivity contribution in [3.05, 3.63) is 35.4 Å². The highest BCUT2D eigenvalue weighted by molar-refractivity contribution is 5.30. The highest BCUT2D eigenvalue weighted by atomic mass is 15.2. The molecule has 3 rings (SSSR count). The summed E-state index contributed by atoms with van der Waals surface area (Å²) >= 11 is 0. The number of nitrogens with one attached hydrogen (secondary N) is 1. The van der Waals surface area contributed by atoms with E-state index in [0.717, 1.165) is 13.1 Å². The van der Waals surface area contributed by atoms with Crippen molar-refractivity contribution in [2.24, 2.45) is 0 Å². The van der Waals surface area contributed by atoms with Gasteiger partial charge in [0.15, 0.2) is 0 Å². The molecule has 1 unspecified atom stereocenters. The molecule has 1 aromatic carbocycles. The lowest BCUT2D eigenvalue weighted by Gasteiger charge is -2.23. The number of fused-ring (bicyclic) bond motifs is 1. The Morgan fingerprint density at radius 1 is 1.06 bits per heavy atom. The molecule has 1 N–H and O–H groups in total. The fourth-order valence-corrected chi connectivity index (χ4v) is 3.10. The molecule has 92 valence electrons. The number of hydrogen-bond donors (Lipinski definition) is 1. The largest absolute Gasteiger partial charge is 0.313 e. The predicted molar refractivity (Wildman–Crippen MR) is 70.8 cm³/mol. The Morgan fingerprint density at radius 2 is 1.82 bits per heavy atom. The minimum absolute atomic E-state index is 0.715. The van der Waals surface area contributed by atoms with Crippen LogP contribution in [0.4, 0.5) is 0 Å². The first-order chi connectivity index (χ1) is 8.42. The molecule has 2 heteroatoms. The van der Waals surface area contributed by atoms with Gasteiger partial charge in [0.05, 0.1) is 0 Å². The third kappa shape index (κ3) is 2.70. The Hall–Kier alpha value is -0.860. The van der Waals surface area contributed by atoms with Crippen molar-refractivity contribution < 1.29 is 0 Å². The number of hydrogen-bond acceptors (Lipinski definition) is 2. The van der Waals surface area contributed by atoms with Gasteiger partial charge in [0.25, 0.3) is 0 Å². The molecule has 1 saturated heterocycles. The molecule has 1 atom stereocenters. The standard InChI is InChI=1S/C15H22N2/c1-2-8-15(16-9-5-1)12-17-10-13-6-3-4-7-14(13)11-17/h3-4,6-7,15-16H,1-2,5,8-12H2. The van der Waals surface area contributed by atoms with Gasteiger partial charge in [-0.2, -0.15) is 0 Å². The summed E-state index contributed by atoms with van der Waals surface area (Å²) in [5.74, 6) is 0. The van der Waals surface area contributed by atoms with E-state index in [1.165, 1.54) is 49.9 Å². The van der Waals surface area contributed by atoms with E-state index in [4.69, 9.17) is 0 Å². The van der Waals surface area contributed by atoms with Crippen molar-refractivity contribution in [3.8, 4) is 0 Å².